The normalized spacial score (nSPS) is 10.3. The Bertz CT molecular complexity index is 613. The van der Waals surface area contributed by atoms with E-state index in [0.29, 0.717) is 5.69 Å². The molecule has 0 unspecified atom stereocenters. The lowest BCUT2D eigenvalue weighted by molar-refractivity contribution is 0.0697. The van der Waals surface area contributed by atoms with Gasteiger partial charge in [0.25, 0.3) is 0 Å². The summed E-state index contributed by atoms with van der Waals surface area (Å²) in [5.41, 5.74) is 5.03. The Morgan fingerprint density at radius 2 is 1.84 bits per heavy atom. The number of carboxylic acid groups (broad SMARTS) is 1. The first kappa shape index (κ1) is 13.1. The number of rotatable bonds is 3. The van der Waals surface area contributed by atoms with E-state index in [9.17, 15) is 4.79 Å². The second-order valence-corrected chi connectivity index (χ2v) is 4.63. The van der Waals surface area contributed by atoms with E-state index >= 15 is 0 Å². The Morgan fingerprint density at radius 3 is 2.42 bits per heavy atom. The first-order valence-corrected chi connectivity index (χ1v) is 6.01. The molecule has 1 aromatic heterocycles. The summed E-state index contributed by atoms with van der Waals surface area (Å²) in [6.45, 7) is 6.05. The van der Waals surface area contributed by atoms with Crippen LogP contribution in [0.25, 0.3) is 0 Å². The van der Waals surface area contributed by atoms with Crippen molar-refractivity contribution >= 4 is 17.3 Å². The number of carboxylic acids is 1. The molecule has 0 aliphatic rings. The fourth-order valence-electron chi connectivity index (χ4n) is 2.19. The van der Waals surface area contributed by atoms with Crippen molar-refractivity contribution in [3.05, 3.63) is 52.8 Å². The molecule has 4 nitrogen and oxygen atoms in total. The van der Waals surface area contributed by atoms with E-state index < -0.39 is 5.97 Å². The summed E-state index contributed by atoms with van der Waals surface area (Å²) in [5, 5.41) is 12.3. The number of nitrogens with one attached hydrogen (secondary N) is 1. The summed E-state index contributed by atoms with van der Waals surface area (Å²) >= 11 is 0. The molecule has 0 saturated heterocycles. The number of aromatic carboxylic acids is 1. The third kappa shape index (κ3) is 2.73. The topological polar surface area (TPSA) is 62.2 Å². The van der Waals surface area contributed by atoms with Crippen molar-refractivity contribution in [3.63, 3.8) is 0 Å². The van der Waals surface area contributed by atoms with Crippen molar-refractivity contribution in [2.45, 2.75) is 20.8 Å². The van der Waals surface area contributed by atoms with Gasteiger partial charge in [-0.15, -0.1) is 0 Å². The molecule has 0 amide bonds. The van der Waals surface area contributed by atoms with Crippen LogP contribution >= 0.6 is 0 Å². The fourth-order valence-corrected chi connectivity index (χ4v) is 2.19. The van der Waals surface area contributed by atoms with Crippen LogP contribution in [0, 0.1) is 20.8 Å². The van der Waals surface area contributed by atoms with Crippen LogP contribution in [0.2, 0.25) is 0 Å². The number of hydrogen-bond acceptors (Lipinski definition) is 3. The first-order chi connectivity index (χ1) is 8.99. The van der Waals surface area contributed by atoms with Crippen LogP contribution in [0.5, 0.6) is 0 Å². The van der Waals surface area contributed by atoms with Gasteiger partial charge >= 0.3 is 5.97 Å². The molecule has 0 fully saturated rings. The van der Waals surface area contributed by atoms with Gasteiger partial charge in [-0.3, -0.25) is 4.98 Å². The zero-order chi connectivity index (χ0) is 14.0. The Hall–Kier alpha value is -2.36. The molecule has 0 spiro atoms. The molecule has 1 aromatic carbocycles. The average molecular weight is 256 g/mol. The van der Waals surface area contributed by atoms with Crippen LogP contribution in [0.3, 0.4) is 0 Å². The summed E-state index contributed by atoms with van der Waals surface area (Å²) in [6, 6.07) is 5.80. The molecule has 1 heterocycles. The molecule has 0 saturated carbocycles. The van der Waals surface area contributed by atoms with Crippen molar-refractivity contribution in [1.29, 1.82) is 0 Å². The second-order valence-electron chi connectivity index (χ2n) is 4.63. The van der Waals surface area contributed by atoms with Crippen LogP contribution in [0.4, 0.5) is 11.4 Å². The van der Waals surface area contributed by atoms with Gasteiger partial charge in [-0.25, -0.2) is 4.79 Å². The molecule has 98 valence electrons. The Kier molecular flexibility index (Phi) is 3.51. The van der Waals surface area contributed by atoms with E-state index in [2.05, 4.69) is 22.4 Å². The summed E-state index contributed by atoms with van der Waals surface area (Å²) in [5.74, 6) is -0.988. The predicted molar refractivity (Wildman–Crippen MR) is 75.1 cm³/mol. The van der Waals surface area contributed by atoms with Gasteiger partial charge in [0.1, 0.15) is 5.56 Å². The van der Waals surface area contributed by atoms with Crippen molar-refractivity contribution in [3.8, 4) is 0 Å². The molecule has 2 rings (SSSR count). The maximum atomic E-state index is 11.2. The molecule has 2 aromatic rings. The molecule has 4 heteroatoms. The van der Waals surface area contributed by atoms with E-state index in [1.54, 1.807) is 12.3 Å². The zero-order valence-corrected chi connectivity index (χ0v) is 11.2. The number of benzene rings is 1. The molecule has 0 atom stereocenters. The highest BCUT2D eigenvalue weighted by molar-refractivity contribution is 5.95. The van der Waals surface area contributed by atoms with Gasteiger partial charge in [-0.1, -0.05) is 17.7 Å². The second kappa shape index (κ2) is 5.10. The SMILES string of the molecule is Cc1cc(C)c(Nc2ccncc2C(=O)O)c(C)c1. The minimum atomic E-state index is -0.988. The highest BCUT2D eigenvalue weighted by atomic mass is 16.4. The van der Waals surface area contributed by atoms with E-state index in [4.69, 9.17) is 5.11 Å². The van der Waals surface area contributed by atoms with Gasteiger partial charge in [0, 0.05) is 18.1 Å². The van der Waals surface area contributed by atoms with Gasteiger partial charge in [0.15, 0.2) is 0 Å². The first-order valence-electron chi connectivity index (χ1n) is 6.01. The van der Waals surface area contributed by atoms with Crippen molar-refractivity contribution in [1.82, 2.24) is 4.98 Å². The Labute approximate surface area is 112 Å². The number of carbonyl (C=O) groups is 1. The summed E-state index contributed by atoms with van der Waals surface area (Å²) in [4.78, 5) is 15.0. The van der Waals surface area contributed by atoms with Crippen molar-refractivity contribution in [2.75, 3.05) is 5.32 Å². The lowest BCUT2D eigenvalue weighted by Crippen LogP contribution is -2.05. The standard InChI is InChI=1S/C15H16N2O2/c1-9-6-10(2)14(11(3)7-9)17-13-4-5-16-8-12(13)15(18)19/h4-8H,1-3H3,(H,16,17)(H,18,19). The lowest BCUT2D eigenvalue weighted by atomic mass is 10.0. The van der Waals surface area contributed by atoms with Crippen molar-refractivity contribution < 1.29 is 9.90 Å². The third-order valence-corrected chi connectivity index (χ3v) is 2.99. The van der Waals surface area contributed by atoms with Gasteiger partial charge in [0.2, 0.25) is 0 Å². The van der Waals surface area contributed by atoms with Crippen LogP contribution < -0.4 is 5.32 Å². The Morgan fingerprint density at radius 1 is 1.21 bits per heavy atom. The minimum Gasteiger partial charge on any atom is -0.478 e. The van der Waals surface area contributed by atoms with E-state index in [1.807, 2.05) is 20.8 Å². The van der Waals surface area contributed by atoms with Crippen LogP contribution in [0.15, 0.2) is 30.6 Å². The Balaban J connectivity index is 2.45. The maximum absolute atomic E-state index is 11.2. The predicted octanol–water partition coefficient (Wildman–Crippen LogP) is 3.45. The van der Waals surface area contributed by atoms with Crippen molar-refractivity contribution in [2.24, 2.45) is 0 Å². The molecule has 2 N–H and O–H groups in total. The van der Waals surface area contributed by atoms with E-state index in [1.165, 1.54) is 11.8 Å². The zero-order valence-electron chi connectivity index (χ0n) is 11.2. The number of hydrogen-bond donors (Lipinski definition) is 2. The summed E-state index contributed by atoms with van der Waals surface area (Å²) in [7, 11) is 0. The number of aryl methyl sites for hydroxylation is 3. The minimum absolute atomic E-state index is 0.168. The van der Waals surface area contributed by atoms with E-state index in [0.717, 1.165) is 16.8 Å². The molecule has 0 aliphatic heterocycles. The lowest BCUT2D eigenvalue weighted by Gasteiger charge is -2.15. The number of aromatic nitrogens is 1. The largest absolute Gasteiger partial charge is 0.478 e. The maximum Gasteiger partial charge on any atom is 0.339 e. The fraction of sp³-hybridized carbons (Fsp3) is 0.200. The summed E-state index contributed by atoms with van der Waals surface area (Å²) in [6.07, 6.45) is 2.93. The van der Waals surface area contributed by atoms with Gasteiger partial charge in [0.05, 0.1) is 5.69 Å². The molecule has 0 bridgehead atoms. The smallest absolute Gasteiger partial charge is 0.339 e. The average Bonchev–Trinajstić information content (AvgIpc) is 2.34. The molecule has 0 radical (unpaired) electrons. The molecule has 19 heavy (non-hydrogen) atoms. The monoisotopic (exact) mass is 256 g/mol. The van der Waals surface area contributed by atoms with E-state index in [-0.39, 0.29) is 5.56 Å². The van der Waals surface area contributed by atoms with Gasteiger partial charge in [-0.2, -0.15) is 0 Å². The molecular formula is C15H16N2O2. The number of anilines is 2. The van der Waals surface area contributed by atoms with Gasteiger partial charge < -0.3 is 10.4 Å². The van der Waals surface area contributed by atoms with Gasteiger partial charge in [-0.05, 0) is 38.0 Å². The molecule has 0 aliphatic carbocycles. The van der Waals surface area contributed by atoms with Crippen LogP contribution in [-0.4, -0.2) is 16.1 Å². The quantitative estimate of drug-likeness (QED) is 0.883. The number of nitrogens with zero attached hydrogens (tertiary/aromatic N) is 1. The summed E-state index contributed by atoms with van der Waals surface area (Å²) < 4.78 is 0. The highest BCUT2D eigenvalue weighted by Gasteiger charge is 2.12. The van der Waals surface area contributed by atoms with Crippen LogP contribution in [0.1, 0.15) is 27.0 Å². The van der Waals surface area contributed by atoms with Crippen LogP contribution in [-0.2, 0) is 0 Å². The molecular weight excluding hydrogens is 240 g/mol. The highest BCUT2D eigenvalue weighted by Crippen LogP contribution is 2.27. The number of pyridine rings is 1. The third-order valence-electron chi connectivity index (χ3n) is 2.99.